The van der Waals surface area contributed by atoms with Gasteiger partial charge >= 0.3 is 0 Å². The van der Waals surface area contributed by atoms with Crippen molar-refractivity contribution in [3.63, 3.8) is 0 Å². The first-order chi connectivity index (χ1) is 8.11. The number of rotatable bonds is 3. The van der Waals surface area contributed by atoms with Crippen LogP contribution in [0.4, 0.5) is 5.69 Å². The third kappa shape index (κ3) is 2.10. The zero-order valence-electron chi connectivity index (χ0n) is 9.62. The third-order valence-electron chi connectivity index (χ3n) is 2.62. The number of aryl methyl sites for hydroxylation is 1. The minimum absolute atomic E-state index is 0.348. The predicted molar refractivity (Wildman–Crippen MR) is 72.2 cm³/mol. The maximum atomic E-state index is 7.46. The maximum Gasteiger partial charge on any atom is 0.0928 e. The highest BCUT2D eigenvalue weighted by molar-refractivity contribution is 6.04. The molecule has 0 amide bonds. The summed E-state index contributed by atoms with van der Waals surface area (Å²) in [6, 6.07) is 3.86. The number of H-pyrrole nitrogens is 1. The van der Waals surface area contributed by atoms with Crippen LogP contribution in [0.1, 0.15) is 11.3 Å². The first-order valence-electron chi connectivity index (χ1n) is 5.25. The number of hydrogen-bond donors (Lipinski definition) is 3. The lowest BCUT2D eigenvalue weighted by Gasteiger charge is -1.99. The molecule has 17 heavy (non-hydrogen) atoms. The molecule has 0 aliphatic rings. The van der Waals surface area contributed by atoms with Crippen molar-refractivity contribution in [2.24, 2.45) is 0 Å². The molecule has 0 radical (unpaired) electrons. The average molecular weight is 226 g/mol. The van der Waals surface area contributed by atoms with Crippen LogP contribution in [0.5, 0.6) is 0 Å². The van der Waals surface area contributed by atoms with Crippen molar-refractivity contribution in [1.82, 2.24) is 10.2 Å². The summed E-state index contributed by atoms with van der Waals surface area (Å²) in [6.45, 7) is 5.48. The molecule has 4 heteroatoms. The van der Waals surface area contributed by atoms with E-state index >= 15 is 0 Å². The largest absolute Gasteiger partial charge is 0.398 e. The normalized spacial score (nSPS) is 11.1. The summed E-state index contributed by atoms with van der Waals surface area (Å²) < 4.78 is 0. The second-order valence-corrected chi connectivity index (χ2v) is 3.86. The van der Waals surface area contributed by atoms with E-state index in [1.54, 1.807) is 12.2 Å². The first-order valence-corrected chi connectivity index (χ1v) is 5.25. The monoisotopic (exact) mass is 226 g/mol. The Bertz CT molecular complexity index is 620. The molecule has 2 aromatic rings. The topological polar surface area (TPSA) is 78.5 Å². The summed E-state index contributed by atoms with van der Waals surface area (Å²) >= 11 is 0. The number of benzene rings is 1. The lowest BCUT2D eigenvalue weighted by atomic mass is 10.1. The Labute approximate surface area is 99.3 Å². The van der Waals surface area contributed by atoms with E-state index in [1.165, 1.54) is 6.08 Å². The van der Waals surface area contributed by atoms with Crippen LogP contribution in [0.25, 0.3) is 17.0 Å². The average Bonchev–Trinajstić information content (AvgIpc) is 2.69. The zero-order valence-corrected chi connectivity index (χ0v) is 9.62. The summed E-state index contributed by atoms with van der Waals surface area (Å²) in [5.74, 6) is 0. The van der Waals surface area contributed by atoms with Gasteiger partial charge < -0.3 is 11.1 Å². The highest BCUT2D eigenvalue weighted by Crippen LogP contribution is 2.23. The fraction of sp³-hybridized carbons (Fsp3) is 0.0769. The molecule has 1 aromatic carbocycles. The highest BCUT2D eigenvalue weighted by Gasteiger charge is 2.05. The van der Waals surface area contributed by atoms with E-state index in [0.29, 0.717) is 5.71 Å². The number of aromatic nitrogens is 2. The van der Waals surface area contributed by atoms with Crippen LogP contribution in [-0.4, -0.2) is 15.9 Å². The zero-order chi connectivity index (χ0) is 12.4. The molecule has 4 N–H and O–H groups in total. The smallest absolute Gasteiger partial charge is 0.0928 e. The van der Waals surface area contributed by atoms with Crippen LogP contribution in [-0.2, 0) is 0 Å². The molecule has 0 fully saturated rings. The van der Waals surface area contributed by atoms with Gasteiger partial charge in [-0.1, -0.05) is 6.58 Å². The first kappa shape index (κ1) is 11.1. The maximum absolute atomic E-state index is 7.46. The molecular weight excluding hydrogens is 212 g/mol. The summed E-state index contributed by atoms with van der Waals surface area (Å²) in [5, 5.41) is 15.5. The Morgan fingerprint density at radius 3 is 3.00 bits per heavy atom. The van der Waals surface area contributed by atoms with Crippen molar-refractivity contribution < 1.29 is 0 Å². The van der Waals surface area contributed by atoms with Gasteiger partial charge in [0.1, 0.15) is 0 Å². The second kappa shape index (κ2) is 4.25. The molecule has 0 saturated heterocycles. The van der Waals surface area contributed by atoms with Crippen molar-refractivity contribution >= 4 is 28.4 Å². The molecule has 0 atom stereocenters. The van der Waals surface area contributed by atoms with Gasteiger partial charge in [0.05, 0.1) is 16.9 Å². The van der Waals surface area contributed by atoms with Crippen molar-refractivity contribution in [2.75, 3.05) is 5.73 Å². The number of hydrogen-bond acceptors (Lipinski definition) is 3. The van der Waals surface area contributed by atoms with E-state index < -0.39 is 0 Å². The van der Waals surface area contributed by atoms with Gasteiger partial charge in [-0.15, -0.1) is 0 Å². The SMILES string of the molecule is C=CC(=N)/C=C/c1n[nH]c2cc(C)c(N)cc12. The van der Waals surface area contributed by atoms with E-state index in [4.69, 9.17) is 11.1 Å². The van der Waals surface area contributed by atoms with Gasteiger partial charge in [-0.25, -0.2) is 0 Å². The Morgan fingerprint density at radius 2 is 2.29 bits per heavy atom. The van der Waals surface area contributed by atoms with Gasteiger partial charge in [0.2, 0.25) is 0 Å². The highest BCUT2D eigenvalue weighted by atomic mass is 15.1. The summed E-state index contributed by atoms with van der Waals surface area (Å²) in [5.41, 5.74) is 9.71. The molecule has 0 aliphatic heterocycles. The number of nitrogen functional groups attached to an aromatic ring is 1. The molecule has 0 bridgehead atoms. The Kier molecular flexibility index (Phi) is 2.78. The van der Waals surface area contributed by atoms with E-state index in [0.717, 1.165) is 27.8 Å². The number of nitrogens with zero attached hydrogens (tertiary/aromatic N) is 1. The lowest BCUT2D eigenvalue weighted by molar-refractivity contribution is 1.10. The minimum Gasteiger partial charge on any atom is -0.398 e. The van der Waals surface area contributed by atoms with Gasteiger partial charge in [-0.2, -0.15) is 5.10 Å². The predicted octanol–water partition coefficient (Wildman–Crippen LogP) is 2.67. The van der Waals surface area contributed by atoms with E-state index in [2.05, 4.69) is 16.8 Å². The van der Waals surface area contributed by atoms with Gasteiger partial charge in [0, 0.05) is 11.1 Å². The van der Waals surface area contributed by atoms with Crippen molar-refractivity contribution in [2.45, 2.75) is 6.92 Å². The lowest BCUT2D eigenvalue weighted by Crippen LogP contribution is -1.88. The summed E-state index contributed by atoms with van der Waals surface area (Å²) in [7, 11) is 0. The molecule has 0 spiro atoms. The number of fused-ring (bicyclic) bond motifs is 1. The molecule has 0 saturated carbocycles. The van der Waals surface area contributed by atoms with E-state index in [9.17, 15) is 0 Å². The molecular formula is C13H14N4. The number of allylic oxidation sites excluding steroid dienone is 2. The summed E-state index contributed by atoms with van der Waals surface area (Å²) in [4.78, 5) is 0. The van der Waals surface area contributed by atoms with Crippen LogP contribution in [0, 0.1) is 12.3 Å². The number of nitrogens with one attached hydrogen (secondary N) is 2. The summed E-state index contributed by atoms with van der Waals surface area (Å²) in [6.07, 6.45) is 4.90. The van der Waals surface area contributed by atoms with Crippen LogP contribution in [0.15, 0.2) is 30.9 Å². The van der Waals surface area contributed by atoms with Gasteiger partial charge in [0.25, 0.3) is 0 Å². The Morgan fingerprint density at radius 1 is 1.53 bits per heavy atom. The number of aromatic amines is 1. The van der Waals surface area contributed by atoms with Crippen LogP contribution >= 0.6 is 0 Å². The van der Waals surface area contributed by atoms with E-state index in [-0.39, 0.29) is 0 Å². The van der Waals surface area contributed by atoms with Gasteiger partial charge in [0.15, 0.2) is 0 Å². The van der Waals surface area contributed by atoms with E-state index in [1.807, 2.05) is 19.1 Å². The fourth-order valence-corrected chi connectivity index (χ4v) is 1.57. The number of nitrogens with two attached hydrogens (primary N) is 1. The third-order valence-corrected chi connectivity index (χ3v) is 2.62. The Balaban J connectivity index is 2.49. The fourth-order valence-electron chi connectivity index (χ4n) is 1.57. The minimum atomic E-state index is 0.348. The van der Waals surface area contributed by atoms with Crippen molar-refractivity contribution in [3.8, 4) is 0 Å². The van der Waals surface area contributed by atoms with Crippen LogP contribution in [0.2, 0.25) is 0 Å². The van der Waals surface area contributed by atoms with Crippen LogP contribution < -0.4 is 5.73 Å². The molecule has 2 rings (SSSR count). The molecule has 0 aliphatic carbocycles. The van der Waals surface area contributed by atoms with Crippen molar-refractivity contribution in [1.29, 1.82) is 5.41 Å². The molecule has 0 unspecified atom stereocenters. The molecule has 1 aromatic heterocycles. The standard InChI is InChI=1S/C13H14N4/c1-3-9(14)4-5-12-10-7-11(15)8(2)6-13(10)17-16-12/h3-7,14H,1,15H2,2H3,(H,16,17)/b5-4+,14-9?. The quantitative estimate of drug-likeness (QED) is 0.555. The molecule has 4 nitrogen and oxygen atoms in total. The second-order valence-electron chi connectivity index (χ2n) is 3.86. The molecule has 1 heterocycles. The number of anilines is 1. The molecule has 86 valence electrons. The van der Waals surface area contributed by atoms with Gasteiger partial charge in [-0.3, -0.25) is 5.10 Å². The van der Waals surface area contributed by atoms with Gasteiger partial charge in [-0.05, 0) is 42.8 Å². The van der Waals surface area contributed by atoms with Crippen LogP contribution in [0.3, 0.4) is 0 Å². The Hall–Kier alpha value is -2.36. The van der Waals surface area contributed by atoms with Crippen molar-refractivity contribution in [3.05, 3.63) is 42.1 Å².